The van der Waals surface area contributed by atoms with E-state index in [1.165, 1.54) is 11.0 Å². The second-order valence-electron chi connectivity index (χ2n) is 5.72. The molecule has 146 valence electrons. The molecule has 0 aromatic heterocycles. The lowest BCUT2D eigenvalue weighted by atomic mass is 10.1. The summed E-state index contributed by atoms with van der Waals surface area (Å²) in [7, 11) is 4.88. The number of benzene rings is 1. The van der Waals surface area contributed by atoms with Gasteiger partial charge in [-0.05, 0) is 13.0 Å². The first-order valence-electron chi connectivity index (χ1n) is 8.09. The summed E-state index contributed by atoms with van der Waals surface area (Å²) in [5.74, 6) is 0.334. The van der Waals surface area contributed by atoms with Crippen LogP contribution in [0.15, 0.2) is 23.2 Å². The SMILES string of the molecule is COCCNC(=NCc1cc(C)ccc1OC(F)F)NCC(=O)N(C)C. The van der Waals surface area contributed by atoms with Crippen molar-refractivity contribution in [1.29, 1.82) is 0 Å². The van der Waals surface area contributed by atoms with E-state index in [-0.39, 0.29) is 24.7 Å². The lowest BCUT2D eigenvalue weighted by molar-refractivity contribution is -0.127. The zero-order valence-electron chi connectivity index (χ0n) is 15.5. The molecular weight excluding hydrogens is 346 g/mol. The molecule has 1 aromatic rings. The lowest BCUT2D eigenvalue weighted by Crippen LogP contribution is -2.43. The van der Waals surface area contributed by atoms with Gasteiger partial charge in [0, 0.05) is 33.3 Å². The maximum atomic E-state index is 12.6. The van der Waals surface area contributed by atoms with Crippen LogP contribution in [-0.2, 0) is 16.1 Å². The number of aliphatic imine (C=N–C) groups is 1. The van der Waals surface area contributed by atoms with Gasteiger partial charge in [0.05, 0.1) is 19.7 Å². The molecule has 2 N–H and O–H groups in total. The molecule has 0 atom stereocenters. The number of carbonyl (C=O) groups excluding carboxylic acids is 1. The second kappa shape index (κ2) is 11.2. The molecule has 0 fully saturated rings. The number of hydrogen-bond acceptors (Lipinski definition) is 4. The standard InChI is InChI=1S/C17H26F2N4O3/c1-12-5-6-14(26-16(18)19)13(9-12)10-21-17(20-7-8-25-4)22-11-15(24)23(2)3/h5-6,9,16H,7-8,10-11H2,1-4H3,(H2,20,21,22). The van der Waals surface area contributed by atoms with Crippen LogP contribution in [0.3, 0.4) is 0 Å². The summed E-state index contributed by atoms with van der Waals surface area (Å²) in [6, 6.07) is 4.92. The number of ether oxygens (including phenoxy) is 2. The molecule has 0 saturated carbocycles. The minimum atomic E-state index is -2.91. The first kappa shape index (κ1) is 21.6. The van der Waals surface area contributed by atoms with Gasteiger partial charge in [-0.2, -0.15) is 8.78 Å². The molecule has 26 heavy (non-hydrogen) atoms. The smallest absolute Gasteiger partial charge is 0.387 e. The Kier molecular flexibility index (Phi) is 9.35. The van der Waals surface area contributed by atoms with E-state index in [1.54, 1.807) is 33.3 Å². The van der Waals surface area contributed by atoms with E-state index in [9.17, 15) is 13.6 Å². The average Bonchev–Trinajstić information content (AvgIpc) is 2.58. The minimum Gasteiger partial charge on any atom is -0.434 e. The average molecular weight is 372 g/mol. The molecule has 0 heterocycles. The number of hydrogen-bond donors (Lipinski definition) is 2. The molecule has 0 spiro atoms. The van der Waals surface area contributed by atoms with Crippen molar-refractivity contribution in [3.63, 3.8) is 0 Å². The van der Waals surface area contributed by atoms with Gasteiger partial charge in [0.25, 0.3) is 0 Å². The highest BCUT2D eigenvalue weighted by Gasteiger charge is 2.11. The Morgan fingerprint density at radius 3 is 2.65 bits per heavy atom. The van der Waals surface area contributed by atoms with Crippen LogP contribution in [0.5, 0.6) is 5.75 Å². The molecule has 0 aliphatic heterocycles. The number of nitrogens with zero attached hydrogens (tertiary/aromatic N) is 2. The zero-order valence-corrected chi connectivity index (χ0v) is 15.5. The fraction of sp³-hybridized carbons (Fsp3) is 0.529. The van der Waals surface area contributed by atoms with Gasteiger partial charge in [-0.3, -0.25) is 4.79 Å². The molecule has 0 aliphatic rings. The summed E-state index contributed by atoms with van der Waals surface area (Å²) in [5.41, 5.74) is 1.43. The van der Waals surface area contributed by atoms with E-state index in [0.29, 0.717) is 24.7 Å². The van der Waals surface area contributed by atoms with Crippen LogP contribution in [0.25, 0.3) is 0 Å². The van der Waals surface area contributed by atoms with Gasteiger partial charge in [0.1, 0.15) is 5.75 Å². The van der Waals surface area contributed by atoms with Crippen LogP contribution in [-0.4, -0.2) is 64.3 Å². The highest BCUT2D eigenvalue weighted by atomic mass is 19.3. The number of guanidine groups is 1. The predicted molar refractivity (Wildman–Crippen MR) is 95.5 cm³/mol. The zero-order chi connectivity index (χ0) is 19.5. The van der Waals surface area contributed by atoms with Crippen molar-refractivity contribution in [2.45, 2.75) is 20.1 Å². The van der Waals surface area contributed by atoms with Crippen LogP contribution in [0.4, 0.5) is 8.78 Å². The molecule has 1 aromatic carbocycles. The van der Waals surface area contributed by atoms with Gasteiger partial charge in [0.15, 0.2) is 5.96 Å². The molecule has 0 unspecified atom stereocenters. The third kappa shape index (κ3) is 8.11. The summed E-state index contributed by atoms with van der Waals surface area (Å²) >= 11 is 0. The molecule has 9 heteroatoms. The number of halogens is 2. The fourth-order valence-electron chi connectivity index (χ4n) is 1.97. The summed E-state index contributed by atoms with van der Waals surface area (Å²) in [6.07, 6.45) is 0. The summed E-state index contributed by atoms with van der Waals surface area (Å²) in [6.45, 7) is 0.0441. The highest BCUT2D eigenvalue weighted by Crippen LogP contribution is 2.22. The molecule has 1 amide bonds. The van der Waals surface area contributed by atoms with Crippen molar-refractivity contribution < 1.29 is 23.0 Å². The van der Waals surface area contributed by atoms with Crippen molar-refractivity contribution in [2.24, 2.45) is 4.99 Å². The topological polar surface area (TPSA) is 75.2 Å². The van der Waals surface area contributed by atoms with Crippen molar-refractivity contribution in [3.8, 4) is 5.75 Å². The Morgan fingerprint density at radius 2 is 2.04 bits per heavy atom. The largest absolute Gasteiger partial charge is 0.434 e. The fourth-order valence-corrected chi connectivity index (χ4v) is 1.97. The van der Waals surface area contributed by atoms with Gasteiger partial charge in [0.2, 0.25) is 5.91 Å². The summed E-state index contributed by atoms with van der Waals surface area (Å²) in [4.78, 5) is 17.5. The van der Waals surface area contributed by atoms with E-state index in [1.807, 2.05) is 6.92 Å². The number of methoxy groups -OCH3 is 1. The van der Waals surface area contributed by atoms with Gasteiger partial charge < -0.3 is 25.0 Å². The van der Waals surface area contributed by atoms with Crippen molar-refractivity contribution in [1.82, 2.24) is 15.5 Å². The predicted octanol–water partition coefficient (Wildman–Crippen LogP) is 1.37. The molecule has 7 nitrogen and oxygen atoms in total. The van der Waals surface area contributed by atoms with Crippen LogP contribution in [0.1, 0.15) is 11.1 Å². The van der Waals surface area contributed by atoms with E-state index in [0.717, 1.165) is 5.56 Å². The van der Waals surface area contributed by atoms with Gasteiger partial charge in [-0.25, -0.2) is 4.99 Å². The normalized spacial score (nSPS) is 11.4. The van der Waals surface area contributed by atoms with E-state index >= 15 is 0 Å². The Labute approximate surface area is 152 Å². The number of nitrogens with one attached hydrogen (secondary N) is 2. The highest BCUT2D eigenvalue weighted by molar-refractivity contribution is 5.86. The second-order valence-corrected chi connectivity index (χ2v) is 5.72. The van der Waals surface area contributed by atoms with E-state index in [4.69, 9.17) is 4.74 Å². The Bertz CT molecular complexity index is 610. The summed E-state index contributed by atoms with van der Waals surface area (Å²) in [5, 5.41) is 5.92. The van der Waals surface area contributed by atoms with Crippen molar-refractivity contribution >= 4 is 11.9 Å². The maximum absolute atomic E-state index is 12.6. The molecule has 0 saturated heterocycles. The molecule has 0 radical (unpaired) electrons. The third-order valence-corrected chi connectivity index (χ3v) is 3.34. The van der Waals surface area contributed by atoms with Crippen LogP contribution in [0, 0.1) is 6.92 Å². The number of carbonyl (C=O) groups is 1. The van der Waals surface area contributed by atoms with Crippen LogP contribution >= 0.6 is 0 Å². The van der Waals surface area contributed by atoms with Crippen molar-refractivity contribution in [2.75, 3.05) is 40.9 Å². The number of likely N-dealkylation sites (N-methyl/N-ethyl adjacent to an activating group) is 1. The van der Waals surface area contributed by atoms with Crippen LogP contribution in [0.2, 0.25) is 0 Å². The van der Waals surface area contributed by atoms with Gasteiger partial charge in [-0.15, -0.1) is 0 Å². The molecular formula is C17H26F2N4O3. The van der Waals surface area contributed by atoms with Gasteiger partial charge >= 0.3 is 6.61 Å². The van der Waals surface area contributed by atoms with E-state index < -0.39 is 6.61 Å². The molecule has 0 bridgehead atoms. The summed E-state index contributed by atoms with van der Waals surface area (Å²) < 4.78 is 34.6. The minimum absolute atomic E-state index is 0.0556. The third-order valence-electron chi connectivity index (χ3n) is 3.34. The first-order chi connectivity index (χ1) is 12.3. The Hall–Kier alpha value is -2.42. The number of aryl methyl sites for hydroxylation is 1. The first-order valence-corrected chi connectivity index (χ1v) is 8.09. The maximum Gasteiger partial charge on any atom is 0.387 e. The molecule has 1 rings (SSSR count). The number of amides is 1. The van der Waals surface area contributed by atoms with E-state index in [2.05, 4.69) is 20.4 Å². The number of alkyl halides is 2. The Morgan fingerprint density at radius 1 is 1.31 bits per heavy atom. The monoisotopic (exact) mass is 372 g/mol. The number of rotatable bonds is 9. The van der Waals surface area contributed by atoms with Crippen molar-refractivity contribution in [3.05, 3.63) is 29.3 Å². The quantitative estimate of drug-likeness (QED) is 0.389. The lowest BCUT2D eigenvalue weighted by Gasteiger charge is -2.15. The molecule has 0 aliphatic carbocycles. The van der Waals surface area contributed by atoms with Gasteiger partial charge in [-0.1, -0.05) is 17.7 Å². The Balaban J connectivity index is 2.87. The van der Waals surface area contributed by atoms with Crippen LogP contribution < -0.4 is 15.4 Å².